The van der Waals surface area contributed by atoms with Crippen molar-refractivity contribution in [2.45, 2.75) is 53.1 Å². The molecule has 2 heterocycles. The van der Waals surface area contributed by atoms with Crippen molar-refractivity contribution in [1.82, 2.24) is 10.2 Å². The average molecular weight is 475 g/mol. The molecule has 4 rings (SSSR count). The molecule has 1 saturated heterocycles. The number of nitro benzene ring substituents is 1. The highest BCUT2D eigenvalue weighted by Gasteiger charge is 2.34. The van der Waals surface area contributed by atoms with Crippen LogP contribution in [0.4, 0.5) is 16.2 Å². The molecule has 1 fully saturated rings. The monoisotopic (exact) mass is 474 g/mol. The largest absolute Gasteiger partial charge is 0.362 e. The molecule has 0 atom stereocenters. The normalized spacial score (nSPS) is 18.0. The fourth-order valence-electron chi connectivity index (χ4n) is 4.81. The molecule has 0 bridgehead atoms. The number of fused-ring (bicyclic) bond motifs is 1. The number of allylic oxidation sites excluding steroid dienone is 1. The number of nitro groups is 1. The Morgan fingerprint density at radius 1 is 1.11 bits per heavy atom. The van der Waals surface area contributed by atoms with E-state index in [0.717, 1.165) is 34.6 Å². The standard InChI is InChI=1S/C27H30N4O4/c1-6-11-30-24-12-17(2)20(13-22(24)18(3)15-27(30,4)5)14-23-25(32)29(26(33)28-23)16-19-7-9-21(10-8-19)31(34)35/h7-10,12-15H,6,11,16H2,1-5H3,(H,28,33)/b23-14+. The smallest absolute Gasteiger partial charge is 0.329 e. The van der Waals surface area contributed by atoms with Crippen LogP contribution in [0.3, 0.4) is 0 Å². The van der Waals surface area contributed by atoms with E-state index in [0.29, 0.717) is 5.56 Å². The molecule has 0 saturated carbocycles. The van der Waals surface area contributed by atoms with Gasteiger partial charge in [0, 0.05) is 29.9 Å². The molecule has 35 heavy (non-hydrogen) atoms. The number of amides is 3. The molecule has 0 aliphatic carbocycles. The molecule has 2 aliphatic rings. The first-order valence-electron chi connectivity index (χ1n) is 11.7. The van der Waals surface area contributed by atoms with Gasteiger partial charge in [-0.2, -0.15) is 0 Å². The van der Waals surface area contributed by atoms with E-state index in [1.54, 1.807) is 18.2 Å². The van der Waals surface area contributed by atoms with Gasteiger partial charge >= 0.3 is 6.03 Å². The SMILES string of the molecule is CCCN1c2cc(C)c(/C=C3/NC(=O)N(Cc4ccc([N+](=O)[O-])cc4)C3=O)cc2C(C)=CC1(C)C. The highest BCUT2D eigenvalue weighted by atomic mass is 16.6. The summed E-state index contributed by atoms with van der Waals surface area (Å²) in [5, 5.41) is 13.5. The van der Waals surface area contributed by atoms with E-state index in [1.165, 1.54) is 23.4 Å². The quantitative estimate of drug-likeness (QED) is 0.261. The number of aryl methyl sites for hydroxylation is 1. The molecule has 0 radical (unpaired) electrons. The number of non-ortho nitro benzene ring substituents is 1. The molecule has 0 spiro atoms. The van der Waals surface area contributed by atoms with E-state index in [2.05, 4.69) is 56.1 Å². The van der Waals surface area contributed by atoms with E-state index in [4.69, 9.17) is 0 Å². The molecule has 8 heteroatoms. The highest BCUT2D eigenvalue weighted by molar-refractivity contribution is 6.14. The summed E-state index contributed by atoms with van der Waals surface area (Å²) in [5.74, 6) is -0.425. The summed E-state index contributed by atoms with van der Waals surface area (Å²) >= 11 is 0. The summed E-state index contributed by atoms with van der Waals surface area (Å²) in [5.41, 5.74) is 6.07. The van der Waals surface area contributed by atoms with Gasteiger partial charge in [-0.05, 0) is 74.6 Å². The first-order valence-corrected chi connectivity index (χ1v) is 11.7. The molecule has 0 aromatic heterocycles. The van der Waals surface area contributed by atoms with E-state index in [9.17, 15) is 19.7 Å². The number of nitrogens with zero attached hydrogens (tertiary/aromatic N) is 3. The van der Waals surface area contributed by atoms with Gasteiger partial charge < -0.3 is 10.2 Å². The van der Waals surface area contributed by atoms with Crippen molar-refractivity contribution in [2.24, 2.45) is 0 Å². The first kappa shape index (κ1) is 24.2. The number of hydrogen-bond acceptors (Lipinski definition) is 5. The van der Waals surface area contributed by atoms with Crippen LogP contribution in [0.1, 0.15) is 56.4 Å². The fourth-order valence-corrected chi connectivity index (χ4v) is 4.81. The average Bonchev–Trinajstić information content (AvgIpc) is 3.05. The number of carbonyl (C=O) groups is 2. The van der Waals surface area contributed by atoms with E-state index in [-0.39, 0.29) is 23.5 Å². The number of hydrogen-bond donors (Lipinski definition) is 1. The second kappa shape index (κ2) is 9.02. The number of anilines is 1. The van der Waals surface area contributed by atoms with Gasteiger partial charge in [-0.25, -0.2) is 4.79 Å². The van der Waals surface area contributed by atoms with Crippen LogP contribution in [0.25, 0.3) is 11.6 Å². The van der Waals surface area contributed by atoms with Crippen molar-refractivity contribution in [2.75, 3.05) is 11.4 Å². The molecule has 2 aliphatic heterocycles. The van der Waals surface area contributed by atoms with Gasteiger partial charge in [-0.15, -0.1) is 0 Å². The zero-order valence-electron chi connectivity index (χ0n) is 20.7. The Hall–Kier alpha value is -3.94. The van der Waals surface area contributed by atoms with E-state index < -0.39 is 16.9 Å². The van der Waals surface area contributed by atoms with Crippen LogP contribution >= 0.6 is 0 Å². The third-order valence-corrected chi connectivity index (χ3v) is 6.56. The maximum atomic E-state index is 13.0. The van der Waals surface area contributed by atoms with Gasteiger partial charge in [0.2, 0.25) is 0 Å². The molecule has 2 aromatic carbocycles. The van der Waals surface area contributed by atoms with Crippen molar-refractivity contribution < 1.29 is 14.5 Å². The third kappa shape index (κ3) is 4.56. The summed E-state index contributed by atoms with van der Waals surface area (Å²) in [4.78, 5) is 39.5. The lowest BCUT2D eigenvalue weighted by Gasteiger charge is -2.43. The molecular formula is C27H30N4O4. The summed E-state index contributed by atoms with van der Waals surface area (Å²) in [7, 11) is 0. The molecule has 1 N–H and O–H groups in total. The number of nitrogens with one attached hydrogen (secondary N) is 1. The van der Waals surface area contributed by atoms with Gasteiger partial charge in [0.25, 0.3) is 11.6 Å². The lowest BCUT2D eigenvalue weighted by atomic mass is 9.86. The van der Waals surface area contributed by atoms with Gasteiger partial charge in [0.1, 0.15) is 5.70 Å². The minimum Gasteiger partial charge on any atom is -0.362 e. The van der Waals surface area contributed by atoms with Crippen LogP contribution < -0.4 is 10.2 Å². The van der Waals surface area contributed by atoms with Crippen LogP contribution in [0.5, 0.6) is 0 Å². The molecule has 2 aromatic rings. The Kier molecular flexibility index (Phi) is 6.23. The first-order chi connectivity index (χ1) is 16.5. The van der Waals surface area contributed by atoms with Crippen molar-refractivity contribution in [1.29, 1.82) is 0 Å². The zero-order chi connectivity index (χ0) is 25.5. The second-order valence-electron chi connectivity index (χ2n) is 9.66. The molecule has 8 nitrogen and oxygen atoms in total. The Morgan fingerprint density at radius 3 is 2.43 bits per heavy atom. The molecule has 0 unspecified atom stereocenters. The summed E-state index contributed by atoms with van der Waals surface area (Å²) in [6.07, 6.45) is 5.03. The van der Waals surface area contributed by atoms with Gasteiger partial charge in [0.05, 0.1) is 17.0 Å². The summed E-state index contributed by atoms with van der Waals surface area (Å²) in [6, 6.07) is 9.55. The number of rotatable bonds is 6. The molecule has 3 amide bonds. The van der Waals surface area contributed by atoms with E-state index in [1.807, 2.05) is 6.92 Å². The lowest BCUT2D eigenvalue weighted by Crippen LogP contribution is -2.45. The van der Waals surface area contributed by atoms with Gasteiger partial charge in [0.15, 0.2) is 0 Å². The lowest BCUT2D eigenvalue weighted by molar-refractivity contribution is -0.384. The molecular weight excluding hydrogens is 444 g/mol. The van der Waals surface area contributed by atoms with Crippen molar-refractivity contribution in [3.63, 3.8) is 0 Å². The summed E-state index contributed by atoms with van der Waals surface area (Å²) in [6.45, 7) is 11.7. The third-order valence-electron chi connectivity index (χ3n) is 6.56. The van der Waals surface area contributed by atoms with Crippen LogP contribution in [0.2, 0.25) is 0 Å². The predicted molar refractivity (Wildman–Crippen MR) is 137 cm³/mol. The second-order valence-corrected chi connectivity index (χ2v) is 9.66. The van der Waals surface area contributed by atoms with Crippen LogP contribution in [0, 0.1) is 17.0 Å². The van der Waals surface area contributed by atoms with E-state index >= 15 is 0 Å². The number of urea groups is 1. The maximum absolute atomic E-state index is 13.0. The Labute approximate surface area is 205 Å². The van der Waals surface area contributed by atoms with Crippen molar-refractivity contribution in [3.05, 3.63) is 80.5 Å². The minimum atomic E-state index is -0.512. The topological polar surface area (TPSA) is 95.8 Å². The van der Waals surface area contributed by atoms with Crippen molar-refractivity contribution in [3.8, 4) is 0 Å². The number of imide groups is 1. The highest BCUT2D eigenvalue weighted by Crippen LogP contribution is 2.40. The fraction of sp³-hybridized carbons (Fsp3) is 0.333. The van der Waals surface area contributed by atoms with Gasteiger partial charge in [-0.1, -0.05) is 25.1 Å². The van der Waals surface area contributed by atoms with Gasteiger partial charge in [-0.3, -0.25) is 19.8 Å². The predicted octanol–water partition coefficient (Wildman–Crippen LogP) is 5.41. The Balaban J connectivity index is 1.63. The number of benzene rings is 2. The summed E-state index contributed by atoms with van der Waals surface area (Å²) < 4.78 is 0. The number of carbonyl (C=O) groups excluding carboxylic acids is 2. The maximum Gasteiger partial charge on any atom is 0.329 e. The van der Waals surface area contributed by atoms with Crippen LogP contribution in [-0.2, 0) is 11.3 Å². The minimum absolute atomic E-state index is 0.0338. The Morgan fingerprint density at radius 2 is 1.80 bits per heavy atom. The van der Waals surface area contributed by atoms with Crippen LogP contribution in [0.15, 0.2) is 48.2 Å². The Bertz CT molecular complexity index is 1270. The van der Waals surface area contributed by atoms with Crippen LogP contribution in [-0.4, -0.2) is 33.8 Å². The van der Waals surface area contributed by atoms with Crippen molar-refractivity contribution >= 4 is 35.0 Å². The zero-order valence-corrected chi connectivity index (χ0v) is 20.7. The molecule has 182 valence electrons.